The van der Waals surface area contributed by atoms with Gasteiger partial charge >= 0.3 is 0 Å². The molecule has 14 heavy (non-hydrogen) atoms. The van der Waals surface area contributed by atoms with E-state index in [0.717, 1.165) is 28.5 Å². The average molecular weight is 231 g/mol. The maximum absolute atomic E-state index is 6.18. The third-order valence-corrected chi connectivity index (χ3v) is 3.38. The number of hydrogen-bond acceptors (Lipinski definition) is 0. The Bertz CT molecular complexity index is 305. The topological polar surface area (TPSA) is 0 Å². The van der Waals surface area contributed by atoms with Crippen LogP contribution in [0.2, 0.25) is 10.0 Å². The number of halogens is 2. The van der Waals surface area contributed by atoms with Gasteiger partial charge in [0, 0.05) is 0 Å². The molecule has 0 aliphatic carbocycles. The molecule has 78 valence electrons. The Morgan fingerprint density at radius 1 is 1.00 bits per heavy atom. The standard InChI is InChI=1S/C12H16Cl2/c1-3-5-6-10-8-7-9(4-2)11(13)12(10)14/h7-8H,3-6H2,1-2H3. The molecule has 0 spiro atoms. The lowest BCUT2D eigenvalue weighted by atomic mass is 10.0. The lowest BCUT2D eigenvalue weighted by molar-refractivity contribution is 0.795. The Labute approximate surface area is 96.2 Å². The fourth-order valence-electron chi connectivity index (χ4n) is 1.46. The normalized spacial score (nSPS) is 10.6. The van der Waals surface area contributed by atoms with E-state index < -0.39 is 0 Å². The van der Waals surface area contributed by atoms with Crippen molar-refractivity contribution in [2.75, 3.05) is 0 Å². The zero-order chi connectivity index (χ0) is 10.6. The molecule has 1 aromatic carbocycles. The fourth-order valence-corrected chi connectivity index (χ4v) is 2.06. The SMILES string of the molecule is CCCCc1ccc(CC)c(Cl)c1Cl. The summed E-state index contributed by atoms with van der Waals surface area (Å²) in [5.41, 5.74) is 2.31. The van der Waals surface area contributed by atoms with Gasteiger partial charge in [-0.05, 0) is 30.4 Å². The second-order valence-electron chi connectivity index (χ2n) is 3.47. The first-order valence-corrected chi connectivity index (χ1v) is 5.92. The first-order valence-electron chi connectivity index (χ1n) is 5.16. The highest BCUT2D eigenvalue weighted by molar-refractivity contribution is 6.43. The van der Waals surface area contributed by atoms with Crippen LogP contribution in [-0.2, 0) is 12.8 Å². The van der Waals surface area contributed by atoms with Crippen LogP contribution < -0.4 is 0 Å². The summed E-state index contributed by atoms with van der Waals surface area (Å²) in [6.45, 7) is 4.26. The molecule has 1 aromatic rings. The summed E-state index contributed by atoms with van der Waals surface area (Å²) < 4.78 is 0. The Balaban J connectivity index is 2.92. The summed E-state index contributed by atoms with van der Waals surface area (Å²) in [6, 6.07) is 4.18. The van der Waals surface area contributed by atoms with E-state index in [1.54, 1.807) is 0 Å². The van der Waals surface area contributed by atoms with Gasteiger partial charge in [0.1, 0.15) is 0 Å². The van der Waals surface area contributed by atoms with E-state index in [1.165, 1.54) is 18.4 Å². The van der Waals surface area contributed by atoms with Gasteiger partial charge in [-0.1, -0.05) is 55.6 Å². The van der Waals surface area contributed by atoms with Crippen molar-refractivity contribution in [1.29, 1.82) is 0 Å². The molecule has 0 aliphatic heterocycles. The van der Waals surface area contributed by atoms with Crippen molar-refractivity contribution in [3.05, 3.63) is 33.3 Å². The molecule has 0 atom stereocenters. The second kappa shape index (κ2) is 5.63. The minimum absolute atomic E-state index is 0.739. The van der Waals surface area contributed by atoms with Crippen molar-refractivity contribution in [2.45, 2.75) is 39.5 Å². The molecular formula is C12H16Cl2. The zero-order valence-electron chi connectivity index (χ0n) is 8.74. The Morgan fingerprint density at radius 2 is 1.57 bits per heavy atom. The Morgan fingerprint density at radius 3 is 2.14 bits per heavy atom. The molecule has 1 rings (SSSR count). The maximum Gasteiger partial charge on any atom is 0.0627 e. The van der Waals surface area contributed by atoms with Crippen molar-refractivity contribution < 1.29 is 0 Å². The third-order valence-electron chi connectivity index (χ3n) is 2.42. The number of unbranched alkanes of at least 4 members (excludes halogenated alkanes) is 1. The molecule has 0 fully saturated rings. The minimum Gasteiger partial charge on any atom is -0.0824 e. The summed E-state index contributed by atoms with van der Waals surface area (Å²) in [5, 5.41) is 1.49. The zero-order valence-corrected chi connectivity index (χ0v) is 10.3. The van der Waals surface area contributed by atoms with Crippen LogP contribution >= 0.6 is 23.2 Å². The summed E-state index contributed by atoms with van der Waals surface area (Å²) >= 11 is 12.3. The van der Waals surface area contributed by atoms with E-state index >= 15 is 0 Å². The summed E-state index contributed by atoms with van der Waals surface area (Å²) in [7, 11) is 0. The largest absolute Gasteiger partial charge is 0.0824 e. The molecule has 0 bridgehead atoms. The molecule has 0 saturated carbocycles. The minimum atomic E-state index is 0.739. The highest BCUT2D eigenvalue weighted by Crippen LogP contribution is 2.30. The highest BCUT2D eigenvalue weighted by Gasteiger charge is 2.07. The van der Waals surface area contributed by atoms with Gasteiger partial charge in [-0.25, -0.2) is 0 Å². The molecular weight excluding hydrogens is 215 g/mol. The molecule has 0 nitrogen and oxygen atoms in total. The fraction of sp³-hybridized carbons (Fsp3) is 0.500. The first-order chi connectivity index (χ1) is 6.70. The predicted molar refractivity (Wildman–Crippen MR) is 64.5 cm³/mol. The van der Waals surface area contributed by atoms with Gasteiger partial charge in [-0.2, -0.15) is 0 Å². The maximum atomic E-state index is 6.18. The van der Waals surface area contributed by atoms with E-state index in [-0.39, 0.29) is 0 Å². The third kappa shape index (κ3) is 2.65. The van der Waals surface area contributed by atoms with Gasteiger partial charge < -0.3 is 0 Å². The van der Waals surface area contributed by atoms with Crippen LogP contribution in [-0.4, -0.2) is 0 Å². The van der Waals surface area contributed by atoms with Crippen LogP contribution in [0.4, 0.5) is 0 Å². The Hall–Kier alpha value is -0.200. The Kier molecular flexibility index (Phi) is 4.77. The van der Waals surface area contributed by atoms with Crippen molar-refractivity contribution >= 4 is 23.2 Å². The van der Waals surface area contributed by atoms with Crippen LogP contribution in [0.1, 0.15) is 37.8 Å². The number of aryl methyl sites for hydroxylation is 2. The first kappa shape index (κ1) is 11.9. The predicted octanol–water partition coefficient (Wildman–Crippen LogP) is 4.90. The van der Waals surface area contributed by atoms with E-state index in [0.29, 0.717) is 0 Å². The molecule has 0 unspecified atom stereocenters. The van der Waals surface area contributed by atoms with Crippen LogP contribution in [0.15, 0.2) is 12.1 Å². The summed E-state index contributed by atoms with van der Waals surface area (Å²) in [6.07, 6.45) is 4.32. The molecule has 2 heteroatoms. The molecule has 0 amide bonds. The smallest absolute Gasteiger partial charge is 0.0627 e. The monoisotopic (exact) mass is 230 g/mol. The summed E-state index contributed by atoms with van der Waals surface area (Å²) in [5.74, 6) is 0. The van der Waals surface area contributed by atoms with Gasteiger partial charge in [-0.15, -0.1) is 0 Å². The molecule has 0 aliphatic rings. The van der Waals surface area contributed by atoms with Crippen molar-refractivity contribution in [2.24, 2.45) is 0 Å². The van der Waals surface area contributed by atoms with Crippen molar-refractivity contribution in [3.63, 3.8) is 0 Å². The van der Waals surface area contributed by atoms with Crippen LogP contribution in [0.3, 0.4) is 0 Å². The lowest BCUT2D eigenvalue weighted by Gasteiger charge is -2.08. The van der Waals surface area contributed by atoms with Crippen LogP contribution in [0.5, 0.6) is 0 Å². The number of hydrogen-bond donors (Lipinski definition) is 0. The lowest BCUT2D eigenvalue weighted by Crippen LogP contribution is -1.91. The van der Waals surface area contributed by atoms with E-state index in [1.807, 2.05) is 0 Å². The van der Waals surface area contributed by atoms with Gasteiger partial charge in [-0.3, -0.25) is 0 Å². The quantitative estimate of drug-likeness (QED) is 0.691. The van der Waals surface area contributed by atoms with Crippen LogP contribution in [0, 0.1) is 0 Å². The van der Waals surface area contributed by atoms with Gasteiger partial charge in [0.25, 0.3) is 0 Å². The molecule has 0 saturated heterocycles. The van der Waals surface area contributed by atoms with Gasteiger partial charge in [0.15, 0.2) is 0 Å². The molecule has 0 N–H and O–H groups in total. The number of rotatable bonds is 4. The molecule has 0 radical (unpaired) electrons. The van der Waals surface area contributed by atoms with Crippen molar-refractivity contribution in [1.82, 2.24) is 0 Å². The summed E-state index contributed by atoms with van der Waals surface area (Å²) in [4.78, 5) is 0. The second-order valence-corrected chi connectivity index (χ2v) is 4.22. The average Bonchev–Trinajstić information content (AvgIpc) is 2.20. The van der Waals surface area contributed by atoms with Gasteiger partial charge in [0.05, 0.1) is 10.0 Å². The van der Waals surface area contributed by atoms with E-state index in [9.17, 15) is 0 Å². The van der Waals surface area contributed by atoms with Crippen LogP contribution in [0.25, 0.3) is 0 Å². The van der Waals surface area contributed by atoms with Gasteiger partial charge in [0.2, 0.25) is 0 Å². The number of benzene rings is 1. The highest BCUT2D eigenvalue weighted by atomic mass is 35.5. The molecule has 0 aromatic heterocycles. The molecule has 0 heterocycles. The van der Waals surface area contributed by atoms with E-state index in [2.05, 4.69) is 26.0 Å². The van der Waals surface area contributed by atoms with Crippen molar-refractivity contribution in [3.8, 4) is 0 Å². The van der Waals surface area contributed by atoms with E-state index in [4.69, 9.17) is 23.2 Å².